The lowest BCUT2D eigenvalue weighted by molar-refractivity contribution is -0.0343. The van der Waals surface area contributed by atoms with Crippen molar-refractivity contribution in [2.45, 2.75) is 12.0 Å². The van der Waals surface area contributed by atoms with E-state index in [9.17, 15) is 4.79 Å². The summed E-state index contributed by atoms with van der Waals surface area (Å²) in [5.41, 5.74) is 0.248. The average molecular weight is 314 g/mol. The molecule has 23 heavy (non-hydrogen) atoms. The summed E-state index contributed by atoms with van der Waals surface area (Å²) in [6, 6.07) is 13.4. The summed E-state index contributed by atoms with van der Waals surface area (Å²) in [6.07, 6.45) is 2.65. The van der Waals surface area contributed by atoms with Gasteiger partial charge in [0.25, 0.3) is 5.91 Å². The molecule has 0 radical (unpaired) electrons. The lowest BCUT2D eigenvalue weighted by Crippen LogP contribution is -2.42. The molecule has 5 nitrogen and oxygen atoms in total. The zero-order chi connectivity index (χ0) is 16.3. The summed E-state index contributed by atoms with van der Waals surface area (Å²) < 4.78 is 13.4. The van der Waals surface area contributed by atoms with Gasteiger partial charge in [-0.1, -0.05) is 18.2 Å². The lowest BCUT2D eigenvalue weighted by Gasteiger charge is -2.28. The number of ether oxygens (including phenoxy) is 2. The topological polar surface area (TPSA) is 43.7 Å². The first kappa shape index (κ1) is 15.6. The lowest BCUT2D eigenvalue weighted by atomic mass is 10.0. The third kappa shape index (κ3) is 3.24. The molecular weight excluding hydrogens is 292 g/mol. The third-order valence-electron chi connectivity index (χ3n) is 4.44. The molecule has 1 fully saturated rings. The maximum absolute atomic E-state index is 12.6. The number of carbonyl (C=O) groups excluding carboxylic acids is 1. The maximum atomic E-state index is 12.6. The predicted molar refractivity (Wildman–Crippen MR) is 87.6 cm³/mol. The number of hydrogen-bond donors (Lipinski definition) is 0. The second kappa shape index (κ2) is 6.46. The van der Waals surface area contributed by atoms with E-state index < -0.39 is 5.60 Å². The van der Waals surface area contributed by atoms with Crippen molar-refractivity contribution in [3.05, 3.63) is 54.4 Å². The zero-order valence-electron chi connectivity index (χ0n) is 13.6. The summed E-state index contributed by atoms with van der Waals surface area (Å²) >= 11 is 0. The second-order valence-corrected chi connectivity index (χ2v) is 5.97. The van der Waals surface area contributed by atoms with E-state index in [0.717, 1.165) is 12.2 Å². The molecule has 5 heteroatoms. The van der Waals surface area contributed by atoms with Crippen LogP contribution in [0.3, 0.4) is 0 Å². The van der Waals surface area contributed by atoms with Crippen molar-refractivity contribution in [2.24, 2.45) is 7.05 Å². The normalized spacial score (nSPS) is 20.7. The molecule has 1 atom stereocenters. The molecule has 122 valence electrons. The highest BCUT2D eigenvalue weighted by Crippen LogP contribution is 2.27. The molecule has 1 aromatic carbocycles. The van der Waals surface area contributed by atoms with Crippen molar-refractivity contribution < 1.29 is 14.3 Å². The maximum Gasteiger partial charge on any atom is 0.270 e. The minimum atomic E-state index is -0.448. The fourth-order valence-electron chi connectivity index (χ4n) is 2.94. The Kier molecular flexibility index (Phi) is 4.39. The Balaban J connectivity index is 1.66. The predicted octanol–water partition coefficient (Wildman–Crippen LogP) is 2.34. The van der Waals surface area contributed by atoms with Gasteiger partial charge in [0, 0.05) is 26.9 Å². The average Bonchev–Trinajstić information content (AvgIpc) is 3.20. The standard InChI is InChI=1S/C18H22N2O3/c1-19-11-6-9-16(19)17(21)20-12-10-18(13-20,22-2)14-23-15-7-4-3-5-8-15/h3-9,11H,10,12-14H2,1-2H3/t18-/m0/s1. The van der Waals surface area contributed by atoms with Gasteiger partial charge in [0.1, 0.15) is 23.7 Å². The summed E-state index contributed by atoms with van der Waals surface area (Å²) in [5.74, 6) is 0.854. The molecule has 0 unspecified atom stereocenters. The number of methoxy groups -OCH3 is 1. The van der Waals surface area contributed by atoms with Gasteiger partial charge < -0.3 is 18.9 Å². The van der Waals surface area contributed by atoms with Crippen LogP contribution in [0.4, 0.5) is 0 Å². The number of aromatic nitrogens is 1. The van der Waals surface area contributed by atoms with Crippen molar-refractivity contribution in [3.8, 4) is 5.75 Å². The van der Waals surface area contributed by atoms with Crippen LogP contribution in [0, 0.1) is 0 Å². The minimum Gasteiger partial charge on any atom is -0.491 e. The third-order valence-corrected chi connectivity index (χ3v) is 4.44. The number of hydrogen-bond acceptors (Lipinski definition) is 3. The number of benzene rings is 1. The van der Waals surface area contributed by atoms with Gasteiger partial charge >= 0.3 is 0 Å². The van der Waals surface area contributed by atoms with E-state index in [4.69, 9.17) is 9.47 Å². The van der Waals surface area contributed by atoms with Crippen LogP contribution in [0.5, 0.6) is 5.75 Å². The molecular formula is C18H22N2O3. The van der Waals surface area contributed by atoms with Crippen LogP contribution in [-0.2, 0) is 11.8 Å². The van der Waals surface area contributed by atoms with Crippen molar-refractivity contribution in [1.82, 2.24) is 9.47 Å². The highest BCUT2D eigenvalue weighted by molar-refractivity contribution is 5.93. The van der Waals surface area contributed by atoms with E-state index >= 15 is 0 Å². The van der Waals surface area contributed by atoms with Gasteiger partial charge in [-0.3, -0.25) is 4.79 Å². The van der Waals surface area contributed by atoms with E-state index in [-0.39, 0.29) is 5.91 Å². The number of para-hydroxylation sites is 1. The molecule has 1 aliphatic rings. The number of nitrogens with zero attached hydrogens (tertiary/aromatic N) is 2. The zero-order valence-corrected chi connectivity index (χ0v) is 13.6. The van der Waals surface area contributed by atoms with Crippen molar-refractivity contribution in [2.75, 3.05) is 26.8 Å². The number of aryl methyl sites for hydroxylation is 1. The van der Waals surface area contributed by atoms with Gasteiger partial charge in [0.15, 0.2) is 0 Å². The molecule has 3 rings (SSSR count). The fourth-order valence-corrected chi connectivity index (χ4v) is 2.94. The summed E-state index contributed by atoms with van der Waals surface area (Å²) in [4.78, 5) is 14.5. The fraction of sp³-hybridized carbons (Fsp3) is 0.389. The van der Waals surface area contributed by atoms with Gasteiger partial charge in [0.2, 0.25) is 0 Å². The Labute approximate surface area is 136 Å². The van der Waals surface area contributed by atoms with Crippen molar-refractivity contribution >= 4 is 5.91 Å². The Bertz CT molecular complexity index is 668. The number of likely N-dealkylation sites (tertiary alicyclic amines) is 1. The molecule has 1 amide bonds. The molecule has 0 spiro atoms. The van der Waals surface area contributed by atoms with Crippen molar-refractivity contribution in [3.63, 3.8) is 0 Å². The Hall–Kier alpha value is -2.27. The van der Waals surface area contributed by atoms with Crippen LogP contribution in [-0.4, -0.2) is 47.8 Å². The van der Waals surface area contributed by atoms with Crippen LogP contribution in [0.25, 0.3) is 0 Å². The Morgan fingerprint density at radius 1 is 1.22 bits per heavy atom. The first-order chi connectivity index (χ1) is 11.1. The van der Waals surface area contributed by atoms with Gasteiger partial charge in [-0.25, -0.2) is 0 Å². The number of carbonyl (C=O) groups is 1. The summed E-state index contributed by atoms with van der Waals surface area (Å²) in [6.45, 7) is 1.65. The molecule has 0 N–H and O–H groups in total. The van der Waals surface area contributed by atoms with E-state index in [0.29, 0.717) is 25.4 Å². The SMILES string of the molecule is CO[C@@]1(COc2ccccc2)CCN(C(=O)c2cccn2C)C1. The molecule has 0 aliphatic carbocycles. The van der Waals surface area contributed by atoms with E-state index in [1.54, 1.807) is 7.11 Å². The molecule has 1 saturated heterocycles. The molecule has 1 aliphatic heterocycles. The van der Waals surface area contributed by atoms with E-state index in [2.05, 4.69) is 0 Å². The number of rotatable bonds is 5. The summed E-state index contributed by atoms with van der Waals surface area (Å²) in [7, 11) is 3.57. The molecule has 2 heterocycles. The van der Waals surface area contributed by atoms with E-state index in [1.807, 2.05) is 65.2 Å². The second-order valence-electron chi connectivity index (χ2n) is 5.97. The van der Waals surface area contributed by atoms with Crippen LogP contribution in [0.1, 0.15) is 16.9 Å². The van der Waals surface area contributed by atoms with Gasteiger partial charge in [-0.15, -0.1) is 0 Å². The van der Waals surface area contributed by atoms with Gasteiger partial charge in [-0.05, 0) is 30.7 Å². The first-order valence-electron chi connectivity index (χ1n) is 7.77. The quantitative estimate of drug-likeness (QED) is 0.851. The van der Waals surface area contributed by atoms with Crippen LogP contribution < -0.4 is 4.74 Å². The number of amides is 1. The smallest absolute Gasteiger partial charge is 0.270 e. The van der Waals surface area contributed by atoms with Gasteiger partial charge in [-0.2, -0.15) is 0 Å². The minimum absolute atomic E-state index is 0.0381. The first-order valence-corrected chi connectivity index (χ1v) is 7.77. The highest BCUT2D eigenvalue weighted by atomic mass is 16.5. The molecule has 2 aromatic rings. The van der Waals surface area contributed by atoms with Crippen LogP contribution in [0.15, 0.2) is 48.7 Å². The van der Waals surface area contributed by atoms with Crippen LogP contribution >= 0.6 is 0 Å². The summed E-state index contributed by atoms with van der Waals surface area (Å²) in [5, 5.41) is 0. The molecule has 0 bridgehead atoms. The molecule has 0 saturated carbocycles. The molecule has 1 aromatic heterocycles. The van der Waals surface area contributed by atoms with Crippen molar-refractivity contribution in [1.29, 1.82) is 0 Å². The Morgan fingerprint density at radius 3 is 2.65 bits per heavy atom. The van der Waals surface area contributed by atoms with Crippen LogP contribution in [0.2, 0.25) is 0 Å². The Morgan fingerprint density at radius 2 is 2.00 bits per heavy atom. The highest BCUT2D eigenvalue weighted by Gasteiger charge is 2.41. The largest absolute Gasteiger partial charge is 0.491 e. The monoisotopic (exact) mass is 314 g/mol. The van der Waals surface area contributed by atoms with E-state index in [1.165, 1.54) is 0 Å². The van der Waals surface area contributed by atoms with Gasteiger partial charge in [0.05, 0.1) is 6.54 Å².